The highest BCUT2D eigenvalue weighted by molar-refractivity contribution is 6.35. The smallest absolute Gasteiger partial charge is 0.417 e. The fourth-order valence-corrected chi connectivity index (χ4v) is 6.28. The molecule has 2 aromatic rings. The van der Waals surface area contributed by atoms with E-state index in [1.807, 2.05) is 18.2 Å². The first-order chi connectivity index (χ1) is 15.8. The summed E-state index contributed by atoms with van der Waals surface area (Å²) >= 11 is 18.9. The van der Waals surface area contributed by atoms with E-state index in [9.17, 15) is 14.7 Å². The van der Waals surface area contributed by atoms with Crippen LogP contribution in [0.3, 0.4) is 0 Å². The van der Waals surface area contributed by atoms with Crippen LogP contribution in [0.15, 0.2) is 42.5 Å². The van der Waals surface area contributed by atoms with Crippen LogP contribution < -0.4 is 0 Å². The van der Waals surface area contributed by atoms with Gasteiger partial charge in [0.1, 0.15) is 11.2 Å². The molecule has 5 atom stereocenters. The lowest BCUT2D eigenvalue weighted by Gasteiger charge is -2.45. The number of imide groups is 1. The zero-order valence-electron chi connectivity index (χ0n) is 19.5. The van der Waals surface area contributed by atoms with Crippen LogP contribution in [-0.2, 0) is 9.53 Å². The third-order valence-corrected chi connectivity index (χ3v) is 7.75. The van der Waals surface area contributed by atoms with Crippen molar-refractivity contribution in [3.05, 3.63) is 68.7 Å². The molecule has 2 fully saturated rings. The first-order valence-corrected chi connectivity index (χ1v) is 12.5. The van der Waals surface area contributed by atoms with Crippen molar-refractivity contribution in [3.8, 4) is 0 Å². The lowest BCUT2D eigenvalue weighted by atomic mass is 9.60. The van der Waals surface area contributed by atoms with Crippen LogP contribution >= 0.6 is 34.8 Å². The number of amides is 2. The standard InChI is InChI=1S/C26H28Cl3NO4/c1-14-22-21(15-5-7-16(27)8-6-15)19(18-10-9-17(28)13-20(18)29)11-12-26(22,33)23(31)30(14)24(32)34-25(2,3)4/h5-10,13-14,19,21-22,33H,11-12H2,1-4H3/t14-,19+,21+,22+,26+/m1/s1. The van der Waals surface area contributed by atoms with Crippen LogP contribution in [0.1, 0.15) is 63.5 Å². The molecule has 0 aromatic heterocycles. The number of carbonyl (C=O) groups excluding carboxylic acids is 2. The van der Waals surface area contributed by atoms with Crippen molar-refractivity contribution in [1.29, 1.82) is 0 Å². The summed E-state index contributed by atoms with van der Waals surface area (Å²) in [7, 11) is 0. The largest absolute Gasteiger partial charge is 0.443 e. The molecule has 0 radical (unpaired) electrons. The third kappa shape index (κ3) is 4.44. The van der Waals surface area contributed by atoms with E-state index in [1.165, 1.54) is 0 Å². The summed E-state index contributed by atoms with van der Waals surface area (Å²) in [5.74, 6) is -1.59. The highest BCUT2D eigenvalue weighted by Crippen LogP contribution is 2.57. The SMILES string of the molecule is C[C@@H]1[C@H]2[C@@H](c3ccc(Cl)cc3)[C@H](c3ccc(Cl)cc3Cl)CC[C@@]2(O)C(=O)N1C(=O)OC(C)(C)C. The van der Waals surface area contributed by atoms with Crippen molar-refractivity contribution >= 4 is 46.8 Å². The van der Waals surface area contributed by atoms with Crippen LogP contribution in [0.25, 0.3) is 0 Å². The normalized spacial score (nSPS) is 29.2. The zero-order valence-corrected chi connectivity index (χ0v) is 21.8. The maximum Gasteiger partial charge on any atom is 0.417 e. The second-order valence-electron chi connectivity index (χ2n) is 10.2. The second-order valence-corrected chi connectivity index (χ2v) is 11.5. The molecule has 1 aliphatic carbocycles. The molecule has 1 heterocycles. The number of hydrogen-bond donors (Lipinski definition) is 1. The maximum absolute atomic E-state index is 13.5. The minimum Gasteiger partial charge on any atom is -0.443 e. The number of aliphatic hydroxyl groups is 1. The van der Waals surface area contributed by atoms with Gasteiger partial charge in [0.15, 0.2) is 0 Å². The molecule has 1 saturated heterocycles. The van der Waals surface area contributed by atoms with Gasteiger partial charge in [0.05, 0.1) is 0 Å². The summed E-state index contributed by atoms with van der Waals surface area (Å²) in [6.45, 7) is 7.02. The minimum absolute atomic E-state index is 0.106. The molecule has 8 heteroatoms. The van der Waals surface area contributed by atoms with E-state index in [0.717, 1.165) is 16.0 Å². The molecule has 4 rings (SSSR count). The molecule has 1 saturated carbocycles. The van der Waals surface area contributed by atoms with Crippen LogP contribution in [0.4, 0.5) is 4.79 Å². The molecule has 182 valence electrons. The Balaban J connectivity index is 1.83. The average Bonchev–Trinajstić information content (AvgIpc) is 2.93. The first-order valence-electron chi connectivity index (χ1n) is 11.3. The number of ether oxygens (including phenoxy) is 1. The van der Waals surface area contributed by atoms with Crippen LogP contribution in [0, 0.1) is 5.92 Å². The Morgan fingerprint density at radius 2 is 1.71 bits per heavy atom. The molecule has 2 aromatic carbocycles. The summed E-state index contributed by atoms with van der Waals surface area (Å²) in [6, 6.07) is 12.2. The minimum atomic E-state index is -1.70. The average molecular weight is 525 g/mol. The van der Waals surface area contributed by atoms with Crippen molar-refractivity contribution in [2.24, 2.45) is 5.92 Å². The zero-order chi connectivity index (χ0) is 25.0. The summed E-state index contributed by atoms with van der Waals surface area (Å²) in [4.78, 5) is 27.6. The molecule has 1 aliphatic heterocycles. The molecule has 1 N–H and O–H groups in total. The predicted molar refractivity (Wildman–Crippen MR) is 134 cm³/mol. The van der Waals surface area contributed by atoms with E-state index in [4.69, 9.17) is 39.5 Å². The van der Waals surface area contributed by atoms with Gasteiger partial charge in [-0.3, -0.25) is 4.79 Å². The number of benzene rings is 2. The summed E-state index contributed by atoms with van der Waals surface area (Å²) in [5.41, 5.74) is -0.670. The van der Waals surface area contributed by atoms with E-state index in [-0.39, 0.29) is 18.3 Å². The first kappa shape index (κ1) is 25.3. The van der Waals surface area contributed by atoms with E-state index in [0.29, 0.717) is 21.5 Å². The van der Waals surface area contributed by atoms with E-state index < -0.39 is 35.2 Å². The van der Waals surface area contributed by atoms with E-state index in [2.05, 4.69) is 0 Å². The number of rotatable bonds is 2. The lowest BCUT2D eigenvalue weighted by Crippen LogP contribution is -2.50. The number of carbonyl (C=O) groups is 2. The van der Waals surface area contributed by atoms with Crippen LogP contribution in [0.2, 0.25) is 15.1 Å². The molecule has 0 unspecified atom stereocenters. The van der Waals surface area contributed by atoms with Gasteiger partial charge in [0, 0.05) is 27.0 Å². The van der Waals surface area contributed by atoms with Gasteiger partial charge >= 0.3 is 6.09 Å². The molecule has 34 heavy (non-hydrogen) atoms. The van der Waals surface area contributed by atoms with Gasteiger partial charge in [0.25, 0.3) is 5.91 Å². The Labute approximate surface area is 214 Å². The third-order valence-electron chi connectivity index (χ3n) is 6.93. The Bertz CT molecular complexity index is 1110. The lowest BCUT2D eigenvalue weighted by molar-refractivity contribution is -0.148. The van der Waals surface area contributed by atoms with Crippen molar-refractivity contribution in [3.63, 3.8) is 0 Å². The quantitative estimate of drug-likeness (QED) is 0.468. The van der Waals surface area contributed by atoms with Crippen LogP contribution in [0.5, 0.6) is 0 Å². The van der Waals surface area contributed by atoms with Crippen molar-refractivity contribution in [2.75, 3.05) is 0 Å². The Morgan fingerprint density at radius 1 is 1.09 bits per heavy atom. The molecule has 0 spiro atoms. The Hall–Kier alpha value is -1.79. The molecule has 2 aliphatic rings. The number of likely N-dealkylation sites (tertiary alicyclic amines) is 1. The summed E-state index contributed by atoms with van der Waals surface area (Å²) in [6.07, 6.45) is -0.0420. The fourth-order valence-electron chi connectivity index (χ4n) is 5.61. The van der Waals surface area contributed by atoms with Crippen molar-refractivity contribution in [2.45, 2.75) is 69.6 Å². The number of halogens is 3. The topological polar surface area (TPSA) is 66.8 Å². The Morgan fingerprint density at radius 3 is 2.29 bits per heavy atom. The van der Waals surface area contributed by atoms with Gasteiger partial charge in [-0.15, -0.1) is 0 Å². The molecular weight excluding hydrogens is 497 g/mol. The van der Waals surface area contributed by atoms with E-state index in [1.54, 1.807) is 52.0 Å². The highest BCUT2D eigenvalue weighted by atomic mass is 35.5. The second kappa shape index (κ2) is 9.02. The van der Waals surface area contributed by atoms with Gasteiger partial charge in [-0.2, -0.15) is 0 Å². The van der Waals surface area contributed by atoms with Crippen LogP contribution in [-0.4, -0.2) is 39.3 Å². The Kier molecular flexibility index (Phi) is 6.71. The monoisotopic (exact) mass is 523 g/mol. The maximum atomic E-state index is 13.5. The molecule has 2 amide bonds. The van der Waals surface area contributed by atoms with Gasteiger partial charge in [0.2, 0.25) is 0 Å². The number of nitrogens with zero attached hydrogens (tertiary/aromatic N) is 1. The van der Waals surface area contributed by atoms with Gasteiger partial charge in [-0.05, 0) is 87.8 Å². The van der Waals surface area contributed by atoms with Crippen molar-refractivity contribution < 1.29 is 19.4 Å². The number of hydrogen-bond acceptors (Lipinski definition) is 4. The summed E-state index contributed by atoms with van der Waals surface area (Å²) in [5, 5.41) is 13.4. The fraction of sp³-hybridized carbons (Fsp3) is 0.462. The van der Waals surface area contributed by atoms with Gasteiger partial charge in [-0.1, -0.05) is 53.0 Å². The highest BCUT2D eigenvalue weighted by Gasteiger charge is 2.64. The molecule has 0 bridgehead atoms. The molecule has 5 nitrogen and oxygen atoms in total. The van der Waals surface area contributed by atoms with Gasteiger partial charge in [-0.25, -0.2) is 9.69 Å². The van der Waals surface area contributed by atoms with Gasteiger partial charge < -0.3 is 9.84 Å². The van der Waals surface area contributed by atoms with Crippen molar-refractivity contribution in [1.82, 2.24) is 4.90 Å². The number of fused-ring (bicyclic) bond motifs is 1. The summed E-state index contributed by atoms with van der Waals surface area (Å²) < 4.78 is 5.52. The molecular formula is C26H28Cl3NO4. The predicted octanol–water partition coefficient (Wildman–Crippen LogP) is 6.82. The van der Waals surface area contributed by atoms with E-state index >= 15 is 0 Å².